The van der Waals surface area contributed by atoms with Gasteiger partial charge in [-0.3, -0.25) is 0 Å². The summed E-state index contributed by atoms with van der Waals surface area (Å²) >= 11 is 5.86. The van der Waals surface area contributed by atoms with Gasteiger partial charge in [0.05, 0.1) is 0 Å². The van der Waals surface area contributed by atoms with Crippen molar-refractivity contribution in [3.8, 4) is 0 Å². The third-order valence-electron chi connectivity index (χ3n) is 2.57. The van der Waals surface area contributed by atoms with E-state index in [1.165, 1.54) is 22.4 Å². The number of anilines is 1. The Balaban J connectivity index is 2.50. The number of benzene rings is 1. The van der Waals surface area contributed by atoms with Crippen LogP contribution in [0.4, 0.5) is 5.69 Å². The van der Waals surface area contributed by atoms with E-state index in [1.54, 1.807) is 0 Å². The number of rotatable bonds is 1. The fourth-order valence-corrected chi connectivity index (χ4v) is 2.04. The van der Waals surface area contributed by atoms with Crippen molar-refractivity contribution in [2.75, 3.05) is 24.4 Å². The number of alkyl halides is 1. The first-order valence-corrected chi connectivity index (χ1v) is 5.31. The molecule has 0 saturated heterocycles. The first-order valence-electron chi connectivity index (χ1n) is 4.78. The third-order valence-corrected chi connectivity index (χ3v) is 2.91. The van der Waals surface area contributed by atoms with Crippen molar-refractivity contribution in [2.45, 2.75) is 6.92 Å². The Morgan fingerprint density at radius 1 is 1.43 bits per heavy atom. The SMILES string of the molecule is Cc1ccc2c(c1)C=C(CCl)CN2C. The number of likely N-dealkylation sites (N-methyl/N-ethyl adjacent to an activating group) is 1. The summed E-state index contributed by atoms with van der Waals surface area (Å²) in [5.41, 5.74) is 5.16. The summed E-state index contributed by atoms with van der Waals surface area (Å²) in [6.07, 6.45) is 2.20. The summed E-state index contributed by atoms with van der Waals surface area (Å²) in [6, 6.07) is 6.53. The van der Waals surface area contributed by atoms with E-state index >= 15 is 0 Å². The Morgan fingerprint density at radius 2 is 2.21 bits per heavy atom. The Bertz CT molecular complexity index is 382. The highest BCUT2D eigenvalue weighted by Crippen LogP contribution is 2.28. The zero-order chi connectivity index (χ0) is 10.1. The summed E-state index contributed by atoms with van der Waals surface area (Å²) < 4.78 is 0. The van der Waals surface area contributed by atoms with Gasteiger partial charge in [-0.1, -0.05) is 17.7 Å². The highest BCUT2D eigenvalue weighted by atomic mass is 35.5. The van der Waals surface area contributed by atoms with Crippen LogP contribution >= 0.6 is 11.6 Å². The minimum Gasteiger partial charge on any atom is -0.370 e. The van der Waals surface area contributed by atoms with Crippen LogP contribution in [0.25, 0.3) is 6.08 Å². The Hall–Kier alpha value is -0.950. The van der Waals surface area contributed by atoms with Crippen molar-refractivity contribution < 1.29 is 0 Å². The summed E-state index contributed by atoms with van der Waals surface area (Å²) in [7, 11) is 2.10. The lowest BCUT2D eigenvalue weighted by Crippen LogP contribution is -2.24. The molecule has 0 unspecified atom stereocenters. The van der Waals surface area contributed by atoms with Gasteiger partial charge in [0.2, 0.25) is 0 Å². The van der Waals surface area contributed by atoms with Crippen LogP contribution in [0.3, 0.4) is 0 Å². The summed E-state index contributed by atoms with van der Waals surface area (Å²) in [4.78, 5) is 2.24. The molecule has 1 nitrogen and oxygen atoms in total. The molecular weight excluding hydrogens is 194 g/mol. The predicted molar refractivity (Wildman–Crippen MR) is 63.1 cm³/mol. The Kier molecular flexibility index (Phi) is 2.51. The Labute approximate surface area is 90.0 Å². The molecule has 74 valence electrons. The quantitative estimate of drug-likeness (QED) is 0.640. The highest BCUT2D eigenvalue weighted by molar-refractivity contribution is 6.20. The molecule has 0 radical (unpaired) electrons. The lowest BCUT2D eigenvalue weighted by atomic mass is 10.0. The van der Waals surface area contributed by atoms with Gasteiger partial charge in [-0.2, -0.15) is 0 Å². The zero-order valence-corrected chi connectivity index (χ0v) is 9.30. The molecule has 1 aliphatic heterocycles. The first-order chi connectivity index (χ1) is 6.70. The zero-order valence-electron chi connectivity index (χ0n) is 8.55. The molecule has 1 aromatic rings. The second-order valence-corrected chi connectivity index (χ2v) is 4.12. The standard InChI is InChI=1S/C12H14ClN/c1-9-3-4-12-11(5-9)6-10(7-13)8-14(12)2/h3-6H,7-8H2,1-2H3. The van der Waals surface area contributed by atoms with Crippen molar-refractivity contribution in [2.24, 2.45) is 0 Å². The molecule has 2 heteroatoms. The molecule has 0 atom stereocenters. The molecule has 0 spiro atoms. The van der Waals surface area contributed by atoms with Crippen LogP contribution in [0.2, 0.25) is 0 Å². The molecule has 1 heterocycles. The number of hydrogen-bond donors (Lipinski definition) is 0. The van der Waals surface area contributed by atoms with Crippen molar-refractivity contribution in [3.63, 3.8) is 0 Å². The van der Waals surface area contributed by atoms with E-state index in [0.29, 0.717) is 5.88 Å². The predicted octanol–water partition coefficient (Wildman–Crippen LogP) is 3.07. The minimum absolute atomic E-state index is 0.623. The molecule has 0 bridgehead atoms. The molecule has 0 aromatic heterocycles. The molecule has 0 saturated carbocycles. The van der Waals surface area contributed by atoms with Crippen LogP contribution in [0.15, 0.2) is 23.8 Å². The molecule has 0 N–H and O–H groups in total. The van der Waals surface area contributed by atoms with E-state index in [0.717, 1.165) is 6.54 Å². The molecule has 1 aromatic carbocycles. The van der Waals surface area contributed by atoms with Crippen molar-refractivity contribution in [3.05, 3.63) is 34.9 Å². The normalized spacial score (nSPS) is 15.1. The van der Waals surface area contributed by atoms with E-state index in [1.807, 2.05) is 0 Å². The summed E-state index contributed by atoms with van der Waals surface area (Å²) in [5, 5.41) is 0. The number of halogens is 1. The molecule has 2 rings (SSSR count). The fraction of sp³-hybridized carbons (Fsp3) is 0.333. The van der Waals surface area contributed by atoms with Crippen molar-refractivity contribution >= 4 is 23.4 Å². The van der Waals surface area contributed by atoms with Gasteiger partial charge in [0.25, 0.3) is 0 Å². The van der Waals surface area contributed by atoms with Gasteiger partial charge in [0.1, 0.15) is 0 Å². The lowest BCUT2D eigenvalue weighted by molar-refractivity contribution is 0.972. The molecule has 14 heavy (non-hydrogen) atoms. The van der Waals surface area contributed by atoms with E-state index in [-0.39, 0.29) is 0 Å². The maximum atomic E-state index is 5.86. The Morgan fingerprint density at radius 3 is 2.93 bits per heavy atom. The average Bonchev–Trinajstić information content (AvgIpc) is 2.16. The topological polar surface area (TPSA) is 3.24 Å². The van der Waals surface area contributed by atoms with E-state index in [2.05, 4.69) is 43.1 Å². The average molecular weight is 208 g/mol. The molecule has 1 aliphatic rings. The summed E-state index contributed by atoms with van der Waals surface area (Å²) in [5.74, 6) is 0.623. The lowest BCUT2D eigenvalue weighted by Gasteiger charge is -2.27. The second-order valence-electron chi connectivity index (χ2n) is 3.85. The molecule has 0 aliphatic carbocycles. The van der Waals surface area contributed by atoms with Gasteiger partial charge in [-0.15, -0.1) is 11.6 Å². The van der Waals surface area contributed by atoms with Crippen LogP contribution in [0.1, 0.15) is 11.1 Å². The van der Waals surface area contributed by atoms with Crippen molar-refractivity contribution in [1.82, 2.24) is 0 Å². The van der Waals surface area contributed by atoms with Gasteiger partial charge in [0, 0.05) is 25.2 Å². The van der Waals surface area contributed by atoms with Crippen LogP contribution in [0.5, 0.6) is 0 Å². The van der Waals surface area contributed by atoms with E-state index < -0.39 is 0 Å². The van der Waals surface area contributed by atoms with Crippen LogP contribution in [-0.2, 0) is 0 Å². The van der Waals surface area contributed by atoms with Gasteiger partial charge in [-0.05, 0) is 30.2 Å². The van der Waals surface area contributed by atoms with Gasteiger partial charge in [0.15, 0.2) is 0 Å². The number of hydrogen-bond acceptors (Lipinski definition) is 1. The molecule has 0 amide bonds. The largest absolute Gasteiger partial charge is 0.370 e. The third kappa shape index (κ3) is 1.64. The smallest absolute Gasteiger partial charge is 0.0454 e. The summed E-state index contributed by atoms with van der Waals surface area (Å²) in [6.45, 7) is 3.06. The van der Waals surface area contributed by atoms with E-state index in [4.69, 9.17) is 11.6 Å². The molecular formula is C12H14ClN. The number of aryl methyl sites for hydroxylation is 1. The monoisotopic (exact) mass is 207 g/mol. The van der Waals surface area contributed by atoms with Gasteiger partial charge < -0.3 is 4.90 Å². The maximum Gasteiger partial charge on any atom is 0.0454 e. The van der Waals surface area contributed by atoms with Crippen LogP contribution < -0.4 is 4.90 Å². The van der Waals surface area contributed by atoms with E-state index in [9.17, 15) is 0 Å². The van der Waals surface area contributed by atoms with Crippen molar-refractivity contribution in [1.29, 1.82) is 0 Å². The minimum atomic E-state index is 0.623. The first kappa shape index (κ1) is 9.60. The van der Waals surface area contributed by atoms with Gasteiger partial charge >= 0.3 is 0 Å². The highest BCUT2D eigenvalue weighted by Gasteiger charge is 2.13. The van der Waals surface area contributed by atoms with Crippen LogP contribution in [-0.4, -0.2) is 19.5 Å². The number of fused-ring (bicyclic) bond motifs is 1. The maximum absolute atomic E-state index is 5.86. The van der Waals surface area contributed by atoms with Crippen LogP contribution in [0, 0.1) is 6.92 Å². The second kappa shape index (κ2) is 3.66. The fourth-order valence-electron chi connectivity index (χ4n) is 1.87. The molecule has 0 fully saturated rings. The van der Waals surface area contributed by atoms with Gasteiger partial charge in [-0.25, -0.2) is 0 Å². The number of nitrogens with zero attached hydrogens (tertiary/aromatic N) is 1.